The van der Waals surface area contributed by atoms with Crippen LogP contribution in [0.1, 0.15) is 30.0 Å². The smallest absolute Gasteiger partial charge is 0.392 e. The summed E-state index contributed by atoms with van der Waals surface area (Å²) in [6.07, 6.45) is -1.03. The zero-order chi connectivity index (χ0) is 13.3. The van der Waals surface area contributed by atoms with Gasteiger partial charge in [0.1, 0.15) is 0 Å². The molecule has 0 bridgehead atoms. The molecule has 0 amide bonds. The van der Waals surface area contributed by atoms with Crippen molar-refractivity contribution in [2.24, 2.45) is 5.92 Å². The fraction of sp³-hybridized carbons (Fsp3) is 0.429. The van der Waals surface area contributed by atoms with Crippen molar-refractivity contribution < 1.29 is 18.3 Å². The molecule has 0 heterocycles. The number of aryl methyl sites for hydroxylation is 1. The average molecular weight is 256 g/mol. The van der Waals surface area contributed by atoms with E-state index in [0.717, 1.165) is 30.0 Å². The molecule has 4 heteroatoms. The number of benzene rings is 1. The fourth-order valence-corrected chi connectivity index (χ4v) is 2.23. The molecule has 0 aromatic heterocycles. The molecular formula is C14H15F3O. The molecule has 1 atom stereocenters. The Labute approximate surface area is 104 Å². The SMILES string of the molecule is CC1CCc2ccc(C(F)(F)F)cc2C=C1CO. The van der Waals surface area contributed by atoms with Crippen molar-refractivity contribution in [2.45, 2.75) is 25.9 Å². The second-order valence-corrected chi connectivity index (χ2v) is 4.73. The van der Waals surface area contributed by atoms with Crippen LogP contribution in [0.2, 0.25) is 0 Å². The van der Waals surface area contributed by atoms with E-state index in [1.54, 1.807) is 12.1 Å². The third kappa shape index (κ3) is 2.58. The van der Waals surface area contributed by atoms with E-state index in [1.165, 1.54) is 6.07 Å². The standard InChI is InChI=1S/C14H15F3O/c1-9-2-3-10-4-5-13(14(15,16)17)7-11(10)6-12(9)8-18/h4-7,9,18H,2-3,8H2,1H3. The summed E-state index contributed by atoms with van der Waals surface area (Å²) in [7, 11) is 0. The Balaban J connectivity index is 2.48. The first-order valence-corrected chi connectivity index (χ1v) is 5.93. The largest absolute Gasteiger partial charge is 0.416 e. The lowest BCUT2D eigenvalue weighted by Crippen LogP contribution is -2.05. The van der Waals surface area contributed by atoms with Gasteiger partial charge in [-0.2, -0.15) is 13.2 Å². The predicted molar refractivity (Wildman–Crippen MR) is 64.0 cm³/mol. The summed E-state index contributed by atoms with van der Waals surface area (Å²) in [5.74, 6) is 0.205. The Bertz CT molecular complexity index is 474. The molecular weight excluding hydrogens is 241 g/mol. The normalized spacial score (nSPS) is 20.1. The van der Waals surface area contributed by atoms with Crippen molar-refractivity contribution in [2.75, 3.05) is 6.61 Å². The van der Waals surface area contributed by atoms with Gasteiger partial charge in [-0.1, -0.05) is 19.1 Å². The Morgan fingerprint density at radius 2 is 2.06 bits per heavy atom. The Morgan fingerprint density at radius 1 is 1.33 bits per heavy atom. The maximum Gasteiger partial charge on any atom is 0.416 e. The highest BCUT2D eigenvalue weighted by Gasteiger charge is 2.31. The van der Waals surface area contributed by atoms with E-state index in [0.29, 0.717) is 5.56 Å². The van der Waals surface area contributed by atoms with Crippen LogP contribution in [-0.2, 0) is 12.6 Å². The first-order chi connectivity index (χ1) is 8.41. The van der Waals surface area contributed by atoms with Gasteiger partial charge in [-0.25, -0.2) is 0 Å². The van der Waals surface area contributed by atoms with Gasteiger partial charge in [0.15, 0.2) is 0 Å². The highest BCUT2D eigenvalue weighted by Crippen LogP contribution is 2.33. The van der Waals surface area contributed by atoms with Crippen LogP contribution in [0.5, 0.6) is 0 Å². The number of hydrogen-bond acceptors (Lipinski definition) is 1. The average Bonchev–Trinajstić information content (AvgIpc) is 2.47. The molecule has 1 aliphatic rings. The second-order valence-electron chi connectivity index (χ2n) is 4.73. The van der Waals surface area contributed by atoms with Crippen LogP contribution >= 0.6 is 0 Å². The van der Waals surface area contributed by atoms with Gasteiger partial charge in [0.2, 0.25) is 0 Å². The third-order valence-electron chi connectivity index (χ3n) is 3.48. The third-order valence-corrected chi connectivity index (χ3v) is 3.48. The topological polar surface area (TPSA) is 20.2 Å². The maximum absolute atomic E-state index is 12.6. The number of fused-ring (bicyclic) bond motifs is 1. The molecule has 1 nitrogen and oxygen atoms in total. The van der Waals surface area contributed by atoms with Crippen LogP contribution in [0, 0.1) is 5.92 Å². The van der Waals surface area contributed by atoms with Gasteiger partial charge in [-0.3, -0.25) is 0 Å². The molecule has 18 heavy (non-hydrogen) atoms. The van der Waals surface area contributed by atoms with Crippen molar-refractivity contribution in [1.82, 2.24) is 0 Å². The number of alkyl halides is 3. The summed E-state index contributed by atoms with van der Waals surface area (Å²) in [6.45, 7) is 1.88. The van der Waals surface area contributed by atoms with Crippen molar-refractivity contribution in [3.63, 3.8) is 0 Å². The van der Waals surface area contributed by atoms with Gasteiger partial charge < -0.3 is 5.11 Å². The first kappa shape index (κ1) is 13.1. The minimum Gasteiger partial charge on any atom is -0.392 e. The summed E-state index contributed by atoms with van der Waals surface area (Å²) >= 11 is 0. The lowest BCUT2D eigenvalue weighted by molar-refractivity contribution is -0.137. The molecule has 1 aromatic rings. The summed E-state index contributed by atoms with van der Waals surface area (Å²) < 4.78 is 37.9. The number of halogens is 3. The van der Waals surface area contributed by atoms with E-state index in [-0.39, 0.29) is 12.5 Å². The Kier molecular flexibility index (Phi) is 3.48. The molecule has 0 spiro atoms. The summed E-state index contributed by atoms with van der Waals surface area (Å²) in [5.41, 5.74) is 1.66. The number of aliphatic hydroxyl groups is 1. The molecule has 1 unspecified atom stereocenters. The minimum absolute atomic E-state index is 0.100. The van der Waals surface area contributed by atoms with Crippen LogP contribution in [0.4, 0.5) is 13.2 Å². The molecule has 0 fully saturated rings. The zero-order valence-corrected chi connectivity index (χ0v) is 10.1. The van der Waals surface area contributed by atoms with Gasteiger partial charge in [0, 0.05) is 0 Å². The quantitative estimate of drug-likeness (QED) is 0.813. The second kappa shape index (κ2) is 4.76. The summed E-state index contributed by atoms with van der Waals surface area (Å²) in [6, 6.07) is 3.84. The van der Waals surface area contributed by atoms with Crippen LogP contribution in [0.15, 0.2) is 23.8 Å². The highest BCUT2D eigenvalue weighted by molar-refractivity contribution is 5.59. The Morgan fingerprint density at radius 3 is 2.67 bits per heavy atom. The van der Waals surface area contributed by atoms with Gasteiger partial charge in [-0.05, 0) is 47.6 Å². The van der Waals surface area contributed by atoms with Crippen LogP contribution in [-0.4, -0.2) is 11.7 Å². The molecule has 1 N–H and O–H groups in total. The first-order valence-electron chi connectivity index (χ1n) is 5.93. The molecule has 0 saturated heterocycles. The van der Waals surface area contributed by atoms with Gasteiger partial charge in [0.25, 0.3) is 0 Å². The maximum atomic E-state index is 12.6. The molecule has 0 saturated carbocycles. The molecule has 0 aliphatic heterocycles. The number of aliphatic hydroxyl groups excluding tert-OH is 1. The van der Waals surface area contributed by atoms with Crippen LogP contribution in [0.3, 0.4) is 0 Å². The van der Waals surface area contributed by atoms with Crippen LogP contribution < -0.4 is 0 Å². The van der Waals surface area contributed by atoms with Crippen molar-refractivity contribution in [1.29, 1.82) is 0 Å². The molecule has 0 radical (unpaired) electrons. The molecule has 1 aromatic carbocycles. The molecule has 98 valence electrons. The van der Waals surface area contributed by atoms with Gasteiger partial charge in [0.05, 0.1) is 12.2 Å². The monoisotopic (exact) mass is 256 g/mol. The fourth-order valence-electron chi connectivity index (χ4n) is 2.23. The Hall–Kier alpha value is -1.29. The van der Waals surface area contributed by atoms with Crippen molar-refractivity contribution >= 4 is 6.08 Å². The number of rotatable bonds is 1. The molecule has 2 rings (SSSR count). The van der Waals surface area contributed by atoms with Gasteiger partial charge in [-0.15, -0.1) is 0 Å². The van der Waals surface area contributed by atoms with Crippen molar-refractivity contribution in [3.8, 4) is 0 Å². The van der Waals surface area contributed by atoms with E-state index in [9.17, 15) is 18.3 Å². The van der Waals surface area contributed by atoms with Crippen molar-refractivity contribution in [3.05, 3.63) is 40.5 Å². The van der Waals surface area contributed by atoms with Gasteiger partial charge >= 0.3 is 6.18 Å². The lowest BCUT2D eigenvalue weighted by Gasteiger charge is -2.10. The van der Waals surface area contributed by atoms with E-state index in [2.05, 4.69) is 0 Å². The lowest BCUT2D eigenvalue weighted by atomic mass is 9.97. The predicted octanol–water partition coefficient (Wildman–Crippen LogP) is 3.66. The highest BCUT2D eigenvalue weighted by atomic mass is 19.4. The van der Waals surface area contributed by atoms with E-state index in [4.69, 9.17) is 0 Å². The van der Waals surface area contributed by atoms with Crippen LogP contribution in [0.25, 0.3) is 6.08 Å². The van der Waals surface area contributed by atoms with E-state index in [1.807, 2.05) is 6.92 Å². The summed E-state index contributed by atoms with van der Waals surface area (Å²) in [5, 5.41) is 9.25. The minimum atomic E-state index is -4.32. The van der Waals surface area contributed by atoms with E-state index < -0.39 is 11.7 Å². The zero-order valence-electron chi connectivity index (χ0n) is 10.1. The number of hydrogen-bond donors (Lipinski definition) is 1. The summed E-state index contributed by atoms with van der Waals surface area (Å²) in [4.78, 5) is 0. The van der Waals surface area contributed by atoms with E-state index >= 15 is 0 Å². The molecule has 1 aliphatic carbocycles.